The van der Waals surface area contributed by atoms with Gasteiger partial charge in [0.05, 0.1) is 16.9 Å². The molecule has 4 rings (SSSR count). The molecule has 8 nitrogen and oxygen atoms in total. The van der Waals surface area contributed by atoms with Gasteiger partial charge in [-0.15, -0.1) is 0 Å². The summed E-state index contributed by atoms with van der Waals surface area (Å²) in [5, 5.41) is 6.89. The Balaban J connectivity index is 1.40. The van der Waals surface area contributed by atoms with Gasteiger partial charge in [-0.3, -0.25) is 9.59 Å². The van der Waals surface area contributed by atoms with Crippen molar-refractivity contribution < 1.29 is 27.6 Å². The molecule has 1 aromatic heterocycles. The lowest BCUT2D eigenvalue weighted by Crippen LogP contribution is -2.50. The standard InChI is InChI=1S/C23H22F2N4O4/c1-15-14-20(33-27-15)22(31)29-12-10-28(11-13-29)21(30)18-4-2-3-5-19(18)26-16-6-8-17(9-7-16)32-23(24)25/h2-9,14,23,26H,10-13H2,1H3. The molecule has 2 amide bonds. The number of hydrogen-bond acceptors (Lipinski definition) is 6. The predicted molar refractivity (Wildman–Crippen MR) is 116 cm³/mol. The number of nitrogens with zero attached hydrogens (tertiary/aromatic N) is 3. The van der Waals surface area contributed by atoms with E-state index >= 15 is 0 Å². The minimum atomic E-state index is -2.89. The lowest BCUT2D eigenvalue weighted by Gasteiger charge is -2.34. The number of nitrogens with one attached hydrogen (secondary N) is 1. The number of ether oxygens (including phenoxy) is 1. The predicted octanol–water partition coefficient (Wildman–Crippen LogP) is 3.93. The van der Waals surface area contributed by atoms with Crippen molar-refractivity contribution in [1.29, 1.82) is 0 Å². The van der Waals surface area contributed by atoms with Crippen LogP contribution in [0.2, 0.25) is 0 Å². The molecule has 0 atom stereocenters. The molecule has 0 saturated carbocycles. The Morgan fingerprint density at radius 2 is 1.64 bits per heavy atom. The first-order valence-electron chi connectivity index (χ1n) is 10.3. The van der Waals surface area contributed by atoms with Crippen molar-refractivity contribution in [3.63, 3.8) is 0 Å². The summed E-state index contributed by atoms with van der Waals surface area (Å²) in [6.07, 6.45) is 0. The zero-order chi connectivity index (χ0) is 23.4. The number of benzene rings is 2. The van der Waals surface area contributed by atoms with E-state index in [1.165, 1.54) is 12.1 Å². The van der Waals surface area contributed by atoms with E-state index in [-0.39, 0.29) is 23.3 Å². The van der Waals surface area contributed by atoms with E-state index in [0.29, 0.717) is 48.8 Å². The van der Waals surface area contributed by atoms with Crippen LogP contribution in [0, 0.1) is 6.92 Å². The van der Waals surface area contributed by atoms with Crippen LogP contribution < -0.4 is 10.1 Å². The van der Waals surface area contributed by atoms with Gasteiger partial charge in [0.25, 0.3) is 11.8 Å². The lowest BCUT2D eigenvalue weighted by molar-refractivity contribution is -0.0498. The van der Waals surface area contributed by atoms with Crippen molar-refractivity contribution in [2.24, 2.45) is 0 Å². The summed E-state index contributed by atoms with van der Waals surface area (Å²) in [5.74, 6) is -0.179. The lowest BCUT2D eigenvalue weighted by atomic mass is 10.1. The van der Waals surface area contributed by atoms with Crippen molar-refractivity contribution >= 4 is 23.2 Å². The third-order valence-electron chi connectivity index (χ3n) is 5.21. The average molecular weight is 456 g/mol. The first-order chi connectivity index (χ1) is 15.9. The Labute approximate surface area is 188 Å². The third kappa shape index (κ3) is 5.28. The molecule has 0 aliphatic carbocycles. The molecule has 1 aliphatic heterocycles. The molecule has 1 aliphatic rings. The molecule has 0 unspecified atom stereocenters. The molecular formula is C23H22F2N4O4. The number of amides is 2. The first kappa shape index (κ1) is 22.3. The normalized spacial score (nSPS) is 13.8. The Kier molecular flexibility index (Phi) is 6.53. The van der Waals surface area contributed by atoms with E-state index in [2.05, 4.69) is 15.2 Å². The highest BCUT2D eigenvalue weighted by atomic mass is 19.3. The van der Waals surface area contributed by atoms with Gasteiger partial charge in [0.1, 0.15) is 5.75 Å². The summed E-state index contributed by atoms with van der Waals surface area (Å²) in [6.45, 7) is 0.375. The number of carbonyl (C=O) groups is 2. The van der Waals surface area contributed by atoms with Crippen LogP contribution in [0.5, 0.6) is 5.75 Å². The quantitative estimate of drug-likeness (QED) is 0.605. The molecule has 2 heterocycles. The second-order valence-corrected chi connectivity index (χ2v) is 7.49. The maximum Gasteiger partial charge on any atom is 0.387 e. The molecule has 0 bridgehead atoms. The summed E-state index contributed by atoms with van der Waals surface area (Å²) < 4.78 is 34.1. The van der Waals surface area contributed by atoms with Crippen LogP contribution in [0.15, 0.2) is 59.1 Å². The molecule has 0 radical (unpaired) electrons. The van der Waals surface area contributed by atoms with Gasteiger partial charge in [0.2, 0.25) is 5.76 Å². The summed E-state index contributed by atoms with van der Waals surface area (Å²) in [7, 11) is 0. The number of carbonyl (C=O) groups excluding carboxylic acids is 2. The second kappa shape index (κ2) is 9.68. The van der Waals surface area contributed by atoms with E-state index < -0.39 is 6.61 Å². The maximum absolute atomic E-state index is 13.2. The molecule has 10 heteroatoms. The number of hydrogen-bond donors (Lipinski definition) is 1. The highest BCUT2D eigenvalue weighted by Crippen LogP contribution is 2.25. The third-order valence-corrected chi connectivity index (χ3v) is 5.21. The summed E-state index contributed by atoms with van der Waals surface area (Å²) in [6, 6.07) is 14.7. The number of aryl methyl sites for hydroxylation is 1. The highest BCUT2D eigenvalue weighted by Gasteiger charge is 2.28. The Morgan fingerprint density at radius 3 is 2.24 bits per heavy atom. The number of para-hydroxylation sites is 1. The van der Waals surface area contributed by atoms with Gasteiger partial charge in [-0.05, 0) is 43.3 Å². The summed E-state index contributed by atoms with van der Waals surface area (Å²) >= 11 is 0. The monoisotopic (exact) mass is 456 g/mol. The number of anilines is 2. The van der Waals surface area contributed by atoms with Crippen LogP contribution in [-0.4, -0.2) is 59.6 Å². The molecule has 0 spiro atoms. The van der Waals surface area contributed by atoms with E-state index in [4.69, 9.17) is 4.52 Å². The van der Waals surface area contributed by atoms with Crippen molar-refractivity contribution in [2.75, 3.05) is 31.5 Å². The molecule has 1 fully saturated rings. The number of piperazine rings is 1. The molecule has 172 valence electrons. The van der Waals surface area contributed by atoms with Gasteiger partial charge in [-0.2, -0.15) is 8.78 Å². The van der Waals surface area contributed by atoms with Gasteiger partial charge in [-0.1, -0.05) is 17.3 Å². The van der Waals surface area contributed by atoms with E-state index in [1.807, 2.05) is 0 Å². The van der Waals surface area contributed by atoms with Crippen molar-refractivity contribution in [3.8, 4) is 5.75 Å². The Morgan fingerprint density at radius 1 is 1.00 bits per heavy atom. The summed E-state index contributed by atoms with van der Waals surface area (Å²) in [5.41, 5.74) is 2.30. The Hall–Kier alpha value is -3.95. The number of aromatic nitrogens is 1. The van der Waals surface area contributed by atoms with E-state index in [0.717, 1.165) is 0 Å². The number of rotatable bonds is 6. The fourth-order valence-corrected chi connectivity index (χ4v) is 3.56. The molecule has 3 aromatic rings. The minimum Gasteiger partial charge on any atom is -0.435 e. The van der Waals surface area contributed by atoms with Gasteiger partial charge >= 0.3 is 6.61 Å². The van der Waals surface area contributed by atoms with Crippen molar-refractivity contribution in [1.82, 2.24) is 15.0 Å². The fourth-order valence-electron chi connectivity index (χ4n) is 3.56. The van der Waals surface area contributed by atoms with Crippen LogP contribution in [0.25, 0.3) is 0 Å². The highest BCUT2D eigenvalue weighted by molar-refractivity contribution is 6.00. The molecule has 1 saturated heterocycles. The van der Waals surface area contributed by atoms with Crippen LogP contribution >= 0.6 is 0 Å². The van der Waals surface area contributed by atoms with Crippen LogP contribution in [0.4, 0.5) is 20.2 Å². The summed E-state index contributed by atoms with van der Waals surface area (Å²) in [4.78, 5) is 29.0. The van der Waals surface area contributed by atoms with Gasteiger partial charge in [-0.25, -0.2) is 0 Å². The fraction of sp³-hybridized carbons (Fsp3) is 0.261. The Bertz CT molecular complexity index is 1130. The molecular weight excluding hydrogens is 434 g/mol. The topological polar surface area (TPSA) is 87.9 Å². The maximum atomic E-state index is 13.2. The van der Waals surface area contributed by atoms with E-state index in [9.17, 15) is 18.4 Å². The first-order valence-corrected chi connectivity index (χ1v) is 10.3. The minimum absolute atomic E-state index is 0.0489. The van der Waals surface area contributed by atoms with Gasteiger partial charge < -0.3 is 24.4 Å². The van der Waals surface area contributed by atoms with Crippen molar-refractivity contribution in [2.45, 2.75) is 13.5 Å². The zero-order valence-corrected chi connectivity index (χ0v) is 17.8. The SMILES string of the molecule is Cc1cc(C(=O)N2CCN(C(=O)c3ccccc3Nc3ccc(OC(F)F)cc3)CC2)on1. The zero-order valence-electron chi connectivity index (χ0n) is 17.8. The molecule has 33 heavy (non-hydrogen) atoms. The molecule has 1 N–H and O–H groups in total. The van der Waals surface area contributed by atoms with Crippen LogP contribution in [0.1, 0.15) is 26.6 Å². The average Bonchev–Trinajstić information content (AvgIpc) is 3.26. The van der Waals surface area contributed by atoms with Crippen molar-refractivity contribution in [3.05, 3.63) is 71.6 Å². The van der Waals surface area contributed by atoms with E-state index in [1.54, 1.807) is 59.2 Å². The van der Waals surface area contributed by atoms with Crippen LogP contribution in [0.3, 0.4) is 0 Å². The number of alkyl halides is 2. The van der Waals surface area contributed by atoms with Gasteiger partial charge in [0, 0.05) is 37.9 Å². The van der Waals surface area contributed by atoms with Gasteiger partial charge in [0.15, 0.2) is 0 Å². The largest absolute Gasteiger partial charge is 0.435 e. The molecule has 2 aromatic carbocycles. The number of halogens is 2. The second-order valence-electron chi connectivity index (χ2n) is 7.49. The smallest absolute Gasteiger partial charge is 0.387 e. The van der Waals surface area contributed by atoms with Crippen LogP contribution in [-0.2, 0) is 0 Å².